The fourth-order valence-electron chi connectivity index (χ4n) is 2.73. The van der Waals surface area contributed by atoms with Crippen LogP contribution in [-0.4, -0.2) is 23.1 Å². The molecule has 0 bridgehead atoms. The SMILES string of the molecule is Cc1ccc(C)n1NC(=O)c1ccc(OCC(=O)Nc2cccc(C#N)c2)cc1. The van der Waals surface area contributed by atoms with E-state index in [0.29, 0.717) is 22.6 Å². The maximum Gasteiger partial charge on any atom is 0.270 e. The number of aromatic nitrogens is 1. The molecule has 0 aliphatic heterocycles. The lowest BCUT2D eigenvalue weighted by molar-refractivity contribution is -0.118. The number of ether oxygens (including phenoxy) is 1. The van der Waals surface area contributed by atoms with E-state index in [4.69, 9.17) is 10.00 Å². The van der Waals surface area contributed by atoms with Crippen LogP contribution < -0.4 is 15.5 Å². The van der Waals surface area contributed by atoms with Crippen molar-refractivity contribution in [2.45, 2.75) is 13.8 Å². The van der Waals surface area contributed by atoms with Crippen LogP contribution in [0.15, 0.2) is 60.7 Å². The molecule has 3 aromatic rings. The normalized spacial score (nSPS) is 10.1. The van der Waals surface area contributed by atoms with Gasteiger partial charge in [-0.25, -0.2) is 0 Å². The summed E-state index contributed by atoms with van der Waals surface area (Å²) in [5.74, 6) is -0.120. The number of benzene rings is 2. The molecule has 1 heterocycles. The number of carbonyl (C=O) groups is 2. The summed E-state index contributed by atoms with van der Waals surface area (Å²) in [5, 5.41) is 11.6. The van der Waals surface area contributed by atoms with Gasteiger partial charge in [-0.2, -0.15) is 5.26 Å². The Morgan fingerprint density at radius 1 is 1.03 bits per heavy atom. The lowest BCUT2D eigenvalue weighted by Gasteiger charge is -2.12. The number of nitriles is 1. The molecule has 3 rings (SSSR count). The summed E-state index contributed by atoms with van der Waals surface area (Å²) < 4.78 is 7.18. The van der Waals surface area contributed by atoms with E-state index < -0.39 is 0 Å². The number of hydrogen-bond acceptors (Lipinski definition) is 4. The Hall–Kier alpha value is -4.05. The Balaban J connectivity index is 1.54. The molecular weight excluding hydrogens is 368 g/mol. The Bertz CT molecular complexity index is 1060. The Morgan fingerprint density at radius 2 is 1.72 bits per heavy atom. The zero-order valence-corrected chi connectivity index (χ0v) is 16.1. The van der Waals surface area contributed by atoms with Crippen molar-refractivity contribution in [3.05, 3.63) is 83.2 Å². The summed E-state index contributed by atoms with van der Waals surface area (Å²) in [6, 6.07) is 19.0. The first-order valence-electron chi connectivity index (χ1n) is 8.95. The van der Waals surface area contributed by atoms with Gasteiger partial charge < -0.3 is 10.1 Å². The molecule has 2 aromatic carbocycles. The van der Waals surface area contributed by atoms with Crippen LogP contribution in [0, 0.1) is 25.2 Å². The molecule has 0 saturated carbocycles. The Labute approximate surface area is 168 Å². The molecule has 0 aliphatic rings. The second-order valence-electron chi connectivity index (χ2n) is 6.45. The largest absolute Gasteiger partial charge is 0.484 e. The van der Waals surface area contributed by atoms with Crippen LogP contribution in [0.1, 0.15) is 27.3 Å². The van der Waals surface area contributed by atoms with Crippen molar-refractivity contribution in [3.8, 4) is 11.8 Å². The number of aryl methyl sites for hydroxylation is 2. The molecule has 2 amide bonds. The molecule has 2 N–H and O–H groups in total. The molecule has 0 spiro atoms. The third-order valence-electron chi connectivity index (χ3n) is 4.25. The average Bonchev–Trinajstić information content (AvgIpc) is 3.04. The molecular formula is C22H20N4O3. The van der Waals surface area contributed by atoms with Crippen LogP contribution >= 0.6 is 0 Å². The number of anilines is 1. The van der Waals surface area contributed by atoms with E-state index in [1.165, 1.54) is 0 Å². The van der Waals surface area contributed by atoms with Crippen molar-refractivity contribution >= 4 is 17.5 Å². The highest BCUT2D eigenvalue weighted by Crippen LogP contribution is 2.14. The standard InChI is InChI=1S/C22H20N4O3/c1-15-6-7-16(2)26(15)25-22(28)18-8-10-20(11-9-18)29-14-21(27)24-19-5-3-4-17(12-19)13-23/h3-12H,14H2,1-2H3,(H,24,27)(H,25,28). The molecule has 0 radical (unpaired) electrons. The first kappa shape index (κ1) is 19.7. The molecule has 7 nitrogen and oxygen atoms in total. The Kier molecular flexibility index (Phi) is 5.95. The highest BCUT2D eigenvalue weighted by Gasteiger charge is 2.10. The fraction of sp³-hybridized carbons (Fsp3) is 0.136. The van der Waals surface area contributed by atoms with Crippen LogP contribution in [0.2, 0.25) is 0 Å². The van der Waals surface area contributed by atoms with Gasteiger partial charge in [0.15, 0.2) is 6.61 Å². The van der Waals surface area contributed by atoms with Crippen molar-refractivity contribution in [1.82, 2.24) is 4.68 Å². The van der Waals surface area contributed by atoms with Crippen molar-refractivity contribution in [2.24, 2.45) is 0 Å². The maximum atomic E-state index is 12.4. The van der Waals surface area contributed by atoms with Crippen molar-refractivity contribution in [2.75, 3.05) is 17.3 Å². The molecule has 146 valence electrons. The number of hydrogen-bond donors (Lipinski definition) is 2. The fourth-order valence-corrected chi connectivity index (χ4v) is 2.73. The molecule has 1 aromatic heterocycles. The molecule has 0 unspecified atom stereocenters. The quantitative estimate of drug-likeness (QED) is 0.677. The van der Waals surface area contributed by atoms with Crippen LogP contribution in [0.5, 0.6) is 5.75 Å². The molecule has 7 heteroatoms. The lowest BCUT2D eigenvalue weighted by Crippen LogP contribution is -2.24. The maximum absolute atomic E-state index is 12.4. The molecule has 0 saturated heterocycles. The second kappa shape index (κ2) is 8.76. The lowest BCUT2D eigenvalue weighted by atomic mass is 10.2. The third-order valence-corrected chi connectivity index (χ3v) is 4.25. The summed E-state index contributed by atoms with van der Waals surface area (Å²) in [4.78, 5) is 24.4. The predicted molar refractivity (Wildman–Crippen MR) is 109 cm³/mol. The minimum atomic E-state index is -0.347. The van der Waals surface area contributed by atoms with Gasteiger partial charge in [0, 0.05) is 22.6 Å². The van der Waals surface area contributed by atoms with Crippen LogP contribution in [-0.2, 0) is 4.79 Å². The van der Waals surface area contributed by atoms with Gasteiger partial charge in [-0.05, 0) is 68.4 Å². The van der Waals surface area contributed by atoms with E-state index in [1.807, 2.05) is 32.0 Å². The summed E-state index contributed by atoms with van der Waals surface area (Å²) in [6.07, 6.45) is 0. The zero-order chi connectivity index (χ0) is 20.8. The highest BCUT2D eigenvalue weighted by molar-refractivity contribution is 6.00. The van der Waals surface area contributed by atoms with Gasteiger partial charge in [0.05, 0.1) is 11.6 Å². The van der Waals surface area contributed by atoms with Crippen molar-refractivity contribution in [1.29, 1.82) is 5.26 Å². The van der Waals surface area contributed by atoms with E-state index >= 15 is 0 Å². The second-order valence-corrected chi connectivity index (χ2v) is 6.45. The summed E-state index contributed by atoms with van der Waals surface area (Å²) in [6.45, 7) is 3.63. The first-order valence-corrected chi connectivity index (χ1v) is 8.95. The number of rotatable bonds is 6. The zero-order valence-electron chi connectivity index (χ0n) is 16.1. The van der Waals surface area contributed by atoms with Gasteiger partial charge in [-0.15, -0.1) is 0 Å². The van der Waals surface area contributed by atoms with Gasteiger partial charge >= 0.3 is 0 Å². The van der Waals surface area contributed by atoms with Gasteiger partial charge in [0.25, 0.3) is 11.8 Å². The Morgan fingerprint density at radius 3 is 2.38 bits per heavy atom. The number of nitrogens with one attached hydrogen (secondary N) is 2. The van der Waals surface area contributed by atoms with Crippen LogP contribution in [0.4, 0.5) is 5.69 Å². The van der Waals surface area contributed by atoms with E-state index in [0.717, 1.165) is 11.4 Å². The van der Waals surface area contributed by atoms with E-state index in [2.05, 4.69) is 10.7 Å². The van der Waals surface area contributed by atoms with Crippen molar-refractivity contribution < 1.29 is 14.3 Å². The molecule has 0 fully saturated rings. The highest BCUT2D eigenvalue weighted by atomic mass is 16.5. The van der Waals surface area contributed by atoms with E-state index in [-0.39, 0.29) is 18.4 Å². The topological polar surface area (TPSA) is 96.2 Å². The van der Waals surface area contributed by atoms with Crippen molar-refractivity contribution in [3.63, 3.8) is 0 Å². The van der Waals surface area contributed by atoms with Crippen LogP contribution in [0.3, 0.4) is 0 Å². The first-order chi connectivity index (χ1) is 14.0. The van der Waals surface area contributed by atoms with Crippen LogP contribution in [0.25, 0.3) is 0 Å². The molecule has 0 atom stereocenters. The van der Waals surface area contributed by atoms with E-state index in [9.17, 15) is 9.59 Å². The predicted octanol–water partition coefficient (Wildman–Crippen LogP) is 3.38. The molecule has 29 heavy (non-hydrogen) atoms. The smallest absolute Gasteiger partial charge is 0.270 e. The summed E-state index contributed by atoms with van der Waals surface area (Å²) in [7, 11) is 0. The summed E-state index contributed by atoms with van der Waals surface area (Å²) >= 11 is 0. The van der Waals surface area contributed by atoms with Gasteiger partial charge in [-0.3, -0.25) is 19.7 Å². The minimum Gasteiger partial charge on any atom is -0.484 e. The van der Waals surface area contributed by atoms with Gasteiger partial charge in [0.1, 0.15) is 5.75 Å². The number of amides is 2. The average molecular weight is 388 g/mol. The number of carbonyl (C=O) groups excluding carboxylic acids is 2. The third kappa shape index (κ3) is 5.02. The minimum absolute atomic E-state index is 0.190. The van der Waals surface area contributed by atoms with E-state index in [1.54, 1.807) is 53.2 Å². The van der Waals surface area contributed by atoms with Gasteiger partial charge in [-0.1, -0.05) is 6.07 Å². The molecule has 0 aliphatic carbocycles. The monoisotopic (exact) mass is 388 g/mol. The van der Waals surface area contributed by atoms with Gasteiger partial charge in [0.2, 0.25) is 0 Å². The summed E-state index contributed by atoms with van der Waals surface area (Å²) in [5.41, 5.74) is 6.16. The number of nitrogens with zero attached hydrogens (tertiary/aromatic N) is 2.